The third-order valence-corrected chi connectivity index (χ3v) is 4.40. The van der Waals surface area contributed by atoms with Crippen molar-refractivity contribution in [3.05, 3.63) is 71.4 Å². The van der Waals surface area contributed by atoms with Crippen molar-refractivity contribution in [3.63, 3.8) is 0 Å². The molecule has 2 aromatic heterocycles. The van der Waals surface area contributed by atoms with Gasteiger partial charge in [0.05, 0.1) is 4.88 Å². The van der Waals surface area contributed by atoms with Gasteiger partial charge in [-0.15, -0.1) is 11.3 Å². The van der Waals surface area contributed by atoms with Crippen LogP contribution in [0.15, 0.2) is 60.9 Å². The molecular formula is C17H14N2OS. The lowest BCUT2D eigenvalue weighted by Crippen LogP contribution is -2.09. The van der Waals surface area contributed by atoms with E-state index in [1.165, 1.54) is 11.3 Å². The van der Waals surface area contributed by atoms with Gasteiger partial charge in [-0.05, 0) is 36.2 Å². The Kier molecular flexibility index (Phi) is 3.79. The lowest BCUT2D eigenvalue weighted by Gasteiger charge is -2.02. The molecule has 0 bridgehead atoms. The number of anilines is 1. The molecule has 3 rings (SSSR count). The first-order valence-electron chi connectivity index (χ1n) is 6.61. The number of hydrogen-bond donors (Lipinski definition) is 1. The highest BCUT2D eigenvalue weighted by molar-refractivity contribution is 7.17. The number of nitrogens with one attached hydrogen (secondary N) is 1. The summed E-state index contributed by atoms with van der Waals surface area (Å²) in [5.74, 6) is -0.0866. The van der Waals surface area contributed by atoms with E-state index in [1.54, 1.807) is 24.5 Å². The zero-order valence-corrected chi connectivity index (χ0v) is 12.4. The summed E-state index contributed by atoms with van der Waals surface area (Å²) >= 11 is 1.51. The highest BCUT2D eigenvalue weighted by atomic mass is 32.1. The molecule has 0 aliphatic rings. The summed E-state index contributed by atoms with van der Waals surface area (Å²) in [5.41, 5.74) is 3.01. The van der Waals surface area contributed by atoms with Crippen molar-refractivity contribution in [2.45, 2.75) is 6.92 Å². The standard InChI is InChI=1S/C17H14N2OS/c1-12-11-15(17(20)19-14-7-9-18-10-8-14)21-16(12)13-5-3-2-4-6-13/h2-11H,1H3,(H,18,19,20). The molecule has 3 aromatic rings. The Morgan fingerprint density at radius 1 is 1.10 bits per heavy atom. The van der Waals surface area contributed by atoms with Gasteiger partial charge in [0.1, 0.15) is 0 Å². The van der Waals surface area contributed by atoms with Crippen molar-refractivity contribution < 1.29 is 4.79 Å². The molecule has 21 heavy (non-hydrogen) atoms. The molecular weight excluding hydrogens is 280 g/mol. The van der Waals surface area contributed by atoms with Gasteiger partial charge in [-0.1, -0.05) is 30.3 Å². The normalized spacial score (nSPS) is 10.3. The van der Waals surface area contributed by atoms with Crippen LogP contribution >= 0.6 is 11.3 Å². The first-order valence-corrected chi connectivity index (χ1v) is 7.43. The SMILES string of the molecule is Cc1cc(C(=O)Nc2ccncc2)sc1-c1ccccc1. The van der Waals surface area contributed by atoms with Crippen LogP contribution in [0.2, 0.25) is 0 Å². The van der Waals surface area contributed by atoms with E-state index in [2.05, 4.69) is 22.4 Å². The maximum absolute atomic E-state index is 12.3. The van der Waals surface area contributed by atoms with Crippen molar-refractivity contribution >= 4 is 22.9 Å². The van der Waals surface area contributed by atoms with Gasteiger partial charge in [0, 0.05) is 23.0 Å². The van der Waals surface area contributed by atoms with E-state index < -0.39 is 0 Å². The number of rotatable bonds is 3. The van der Waals surface area contributed by atoms with E-state index in [4.69, 9.17) is 0 Å². The van der Waals surface area contributed by atoms with Crippen molar-refractivity contribution in [2.75, 3.05) is 5.32 Å². The highest BCUT2D eigenvalue weighted by Gasteiger charge is 2.13. The van der Waals surface area contributed by atoms with Crippen LogP contribution in [0.3, 0.4) is 0 Å². The fourth-order valence-electron chi connectivity index (χ4n) is 2.10. The Bertz CT molecular complexity index is 751. The molecule has 0 saturated heterocycles. The van der Waals surface area contributed by atoms with E-state index >= 15 is 0 Å². The molecule has 0 aliphatic heterocycles. The van der Waals surface area contributed by atoms with Gasteiger partial charge in [-0.25, -0.2) is 0 Å². The van der Waals surface area contributed by atoms with Crippen LogP contribution in [0.5, 0.6) is 0 Å². The summed E-state index contributed by atoms with van der Waals surface area (Å²) in [6.07, 6.45) is 3.31. The van der Waals surface area contributed by atoms with Crippen LogP contribution in [-0.2, 0) is 0 Å². The average Bonchev–Trinajstić information content (AvgIpc) is 2.91. The molecule has 1 N–H and O–H groups in total. The third-order valence-electron chi connectivity index (χ3n) is 3.12. The highest BCUT2D eigenvalue weighted by Crippen LogP contribution is 2.32. The third kappa shape index (κ3) is 3.01. The van der Waals surface area contributed by atoms with Gasteiger partial charge in [0.2, 0.25) is 0 Å². The first-order chi connectivity index (χ1) is 10.2. The quantitative estimate of drug-likeness (QED) is 0.779. The average molecular weight is 294 g/mol. The summed E-state index contributed by atoms with van der Waals surface area (Å²) < 4.78 is 0. The number of carbonyl (C=O) groups is 1. The Morgan fingerprint density at radius 3 is 2.52 bits per heavy atom. The van der Waals surface area contributed by atoms with Crippen LogP contribution in [0.4, 0.5) is 5.69 Å². The van der Waals surface area contributed by atoms with Gasteiger partial charge in [-0.2, -0.15) is 0 Å². The van der Waals surface area contributed by atoms with E-state index in [-0.39, 0.29) is 5.91 Å². The van der Waals surface area contributed by atoms with Crippen LogP contribution in [-0.4, -0.2) is 10.9 Å². The number of hydrogen-bond acceptors (Lipinski definition) is 3. The summed E-state index contributed by atoms with van der Waals surface area (Å²) in [6.45, 7) is 2.03. The van der Waals surface area contributed by atoms with Gasteiger partial charge in [0.15, 0.2) is 0 Å². The molecule has 0 saturated carbocycles. The van der Waals surface area contributed by atoms with Crippen molar-refractivity contribution in [2.24, 2.45) is 0 Å². The predicted molar refractivity (Wildman–Crippen MR) is 86.7 cm³/mol. The topological polar surface area (TPSA) is 42.0 Å². The minimum absolute atomic E-state index is 0.0866. The molecule has 0 spiro atoms. The van der Waals surface area contributed by atoms with Gasteiger partial charge in [-0.3, -0.25) is 9.78 Å². The maximum Gasteiger partial charge on any atom is 0.265 e. The number of carbonyl (C=O) groups excluding carboxylic acids is 1. The molecule has 104 valence electrons. The number of pyridine rings is 1. The van der Waals surface area contributed by atoms with E-state index in [0.29, 0.717) is 4.88 Å². The van der Waals surface area contributed by atoms with E-state index in [1.807, 2.05) is 31.2 Å². The number of thiophene rings is 1. The largest absolute Gasteiger partial charge is 0.321 e. The molecule has 0 fully saturated rings. The number of amides is 1. The zero-order chi connectivity index (χ0) is 14.7. The second-order valence-electron chi connectivity index (χ2n) is 4.68. The second kappa shape index (κ2) is 5.89. The molecule has 0 radical (unpaired) electrons. The number of benzene rings is 1. The van der Waals surface area contributed by atoms with Crippen LogP contribution in [0.1, 0.15) is 15.2 Å². The second-order valence-corrected chi connectivity index (χ2v) is 5.73. The molecule has 0 unspecified atom stereocenters. The summed E-state index contributed by atoms with van der Waals surface area (Å²) in [4.78, 5) is 18.1. The summed E-state index contributed by atoms with van der Waals surface area (Å²) in [5, 5.41) is 2.88. The Labute approximate surface area is 127 Å². The molecule has 0 aliphatic carbocycles. The van der Waals surface area contributed by atoms with E-state index in [9.17, 15) is 4.79 Å². The minimum atomic E-state index is -0.0866. The number of nitrogens with zero attached hydrogens (tertiary/aromatic N) is 1. The number of aromatic nitrogens is 1. The van der Waals surface area contributed by atoms with Crippen molar-refractivity contribution in [1.29, 1.82) is 0 Å². The van der Waals surface area contributed by atoms with Gasteiger partial charge >= 0.3 is 0 Å². The fraction of sp³-hybridized carbons (Fsp3) is 0.0588. The lowest BCUT2D eigenvalue weighted by molar-refractivity contribution is 0.103. The van der Waals surface area contributed by atoms with Crippen molar-refractivity contribution in [1.82, 2.24) is 4.98 Å². The monoisotopic (exact) mass is 294 g/mol. The molecule has 3 nitrogen and oxygen atoms in total. The maximum atomic E-state index is 12.3. The minimum Gasteiger partial charge on any atom is -0.321 e. The molecule has 4 heteroatoms. The molecule has 1 aromatic carbocycles. The first kappa shape index (κ1) is 13.5. The zero-order valence-electron chi connectivity index (χ0n) is 11.5. The molecule has 0 atom stereocenters. The smallest absolute Gasteiger partial charge is 0.265 e. The van der Waals surface area contributed by atoms with Crippen molar-refractivity contribution in [3.8, 4) is 10.4 Å². The summed E-state index contributed by atoms with van der Waals surface area (Å²) in [6, 6.07) is 15.6. The predicted octanol–water partition coefficient (Wildman–Crippen LogP) is 4.37. The lowest BCUT2D eigenvalue weighted by atomic mass is 10.1. The molecule has 2 heterocycles. The van der Waals surface area contributed by atoms with Crippen LogP contribution in [0, 0.1) is 6.92 Å². The Morgan fingerprint density at radius 2 is 1.81 bits per heavy atom. The fourth-order valence-corrected chi connectivity index (χ4v) is 3.17. The van der Waals surface area contributed by atoms with Crippen LogP contribution < -0.4 is 5.32 Å². The molecule has 1 amide bonds. The summed E-state index contributed by atoms with van der Waals surface area (Å²) in [7, 11) is 0. The Balaban J connectivity index is 1.86. The Hall–Kier alpha value is -2.46. The number of aryl methyl sites for hydroxylation is 1. The van der Waals surface area contributed by atoms with Gasteiger partial charge in [0.25, 0.3) is 5.91 Å². The van der Waals surface area contributed by atoms with Gasteiger partial charge < -0.3 is 5.32 Å². The van der Waals surface area contributed by atoms with Crippen LogP contribution in [0.25, 0.3) is 10.4 Å². The van der Waals surface area contributed by atoms with E-state index in [0.717, 1.165) is 21.7 Å².